The molecule has 2 aromatic heterocycles. The van der Waals surface area contributed by atoms with E-state index in [1.165, 1.54) is 24.4 Å². The van der Waals surface area contributed by atoms with E-state index in [1.807, 2.05) is 13.8 Å². The first-order valence-electron chi connectivity index (χ1n) is 11.1. The largest absolute Gasteiger partial charge is 0.433 e. The normalized spacial score (nSPS) is 12.9. The van der Waals surface area contributed by atoms with E-state index in [4.69, 9.17) is 0 Å². The summed E-state index contributed by atoms with van der Waals surface area (Å²) in [6.07, 6.45) is -0.551. The molecule has 7 nitrogen and oxygen atoms in total. The molecule has 0 saturated heterocycles. The Morgan fingerprint density at radius 1 is 1.17 bits per heavy atom. The topological polar surface area (TPSA) is 98.1 Å². The number of rotatable bonds is 7. The Morgan fingerprint density at radius 3 is 2.36 bits per heavy atom. The van der Waals surface area contributed by atoms with E-state index >= 15 is 0 Å². The van der Waals surface area contributed by atoms with Crippen LogP contribution in [0, 0.1) is 6.92 Å². The SMILES string of the molecule is CC[C@H](C)n1cc(C(=O)NCc2ccc(S(C)(=O)=O)cc2)c(=O)c(-c2ccnc(C(F)(F)F)c2)c1C. The molecule has 11 heteroatoms. The highest BCUT2D eigenvalue weighted by Gasteiger charge is 2.33. The Labute approximate surface area is 206 Å². The van der Waals surface area contributed by atoms with E-state index in [2.05, 4.69) is 10.3 Å². The second-order valence-corrected chi connectivity index (χ2v) is 10.5. The lowest BCUT2D eigenvalue weighted by Crippen LogP contribution is -2.31. The van der Waals surface area contributed by atoms with E-state index in [0.717, 1.165) is 18.5 Å². The van der Waals surface area contributed by atoms with Gasteiger partial charge in [-0.25, -0.2) is 8.42 Å². The van der Waals surface area contributed by atoms with Gasteiger partial charge >= 0.3 is 6.18 Å². The fourth-order valence-corrected chi connectivity index (χ4v) is 4.38. The zero-order valence-electron chi connectivity index (χ0n) is 20.2. The number of halogens is 3. The van der Waals surface area contributed by atoms with Crippen LogP contribution in [0.5, 0.6) is 0 Å². The van der Waals surface area contributed by atoms with E-state index in [9.17, 15) is 31.2 Å². The van der Waals surface area contributed by atoms with Crippen molar-refractivity contribution in [2.75, 3.05) is 6.26 Å². The van der Waals surface area contributed by atoms with Crippen molar-refractivity contribution in [3.8, 4) is 11.1 Å². The van der Waals surface area contributed by atoms with Gasteiger partial charge in [0.25, 0.3) is 5.91 Å². The standard InChI is InChI=1S/C25H26F3N3O4S/c1-5-15(2)31-14-20(24(33)30-13-17-6-8-19(9-7-17)36(4,34)35)23(32)22(16(31)3)18-10-11-29-21(12-18)25(26,27)28/h6-12,14-15H,5,13H2,1-4H3,(H,30,33)/t15-/m0/s1. The van der Waals surface area contributed by atoms with Crippen LogP contribution < -0.4 is 10.7 Å². The van der Waals surface area contributed by atoms with Crippen molar-refractivity contribution >= 4 is 15.7 Å². The summed E-state index contributed by atoms with van der Waals surface area (Å²) in [5.74, 6) is -0.699. The summed E-state index contributed by atoms with van der Waals surface area (Å²) < 4.78 is 64.7. The van der Waals surface area contributed by atoms with Crippen LogP contribution in [0.1, 0.15) is 53.6 Å². The molecule has 3 rings (SSSR count). The Hall–Kier alpha value is -3.47. The number of alkyl halides is 3. The van der Waals surface area contributed by atoms with Gasteiger partial charge in [-0.1, -0.05) is 19.1 Å². The van der Waals surface area contributed by atoms with E-state index in [0.29, 0.717) is 17.7 Å². The average Bonchev–Trinajstić information content (AvgIpc) is 2.81. The van der Waals surface area contributed by atoms with Crippen LogP contribution in [0.2, 0.25) is 0 Å². The molecule has 192 valence electrons. The average molecular weight is 522 g/mol. The summed E-state index contributed by atoms with van der Waals surface area (Å²) in [5.41, 5.74) is -1.00. The Balaban J connectivity index is 2.03. The summed E-state index contributed by atoms with van der Waals surface area (Å²) in [6.45, 7) is 5.43. The number of hydrogen-bond donors (Lipinski definition) is 1. The van der Waals surface area contributed by atoms with Crippen LogP contribution in [-0.4, -0.2) is 30.1 Å². The lowest BCUT2D eigenvalue weighted by molar-refractivity contribution is -0.141. The number of carbonyl (C=O) groups excluding carboxylic acids is 1. The molecular formula is C25H26F3N3O4S. The van der Waals surface area contributed by atoms with E-state index < -0.39 is 33.0 Å². The minimum atomic E-state index is -4.69. The number of benzene rings is 1. The number of pyridine rings is 2. The van der Waals surface area contributed by atoms with Gasteiger partial charge in [-0.2, -0.15) is 13.2 Å². The fraction of sp³-hybridized carbons (Fsp3) is 0.320. The Bertz CT molecular complexity index is 1450. The zero-order chi connectivity index (χ0) is 26.8. The first kappa shape index (κ1) is 27.1. The van der Waals surface area contributed by atoms with Crippen LogP contribution in [0.3, 0.4) is 0 Å². The summed E-state index contributed by atoms with van der Waals surface area (Å²) in [6, 6.07) is 7.90. The number of sulfone groups is 1. The van der Waals surface area contributed by atoms with Gasteiger partial charge in [0.15, 0.2) is 9.84 Å². The Kier molecular flexibility index (Phi) is 7.73. The molecule has 1 aromatic carbocycles. The molecule has 0 bridgehead atoms. The number of hydrogen-bond acceptors (Lipinski definition) is 5. The number of carbonyl (C=O) groups is 1. The third-order valence-corrected chi connectivity index (χ3v) is 7.07. The first-order valence-corrected chi connectivity index (χ1v) is 13.0. The lowest BCUT2D eigenvalue weighted by atomic mass is 10.00. The molecule has 0 spiro atoms. The number of nitrogens with zero attached hydrogens (tertiary/aromatic N) is 2. The van der Waals surface area contributed by atoms with E-state index in [-0.39, 0.29) is 34.2 Å². The maximum atomic E-state index is 13.4. The molecule has 0 saturated carbocycles. The highest BCUT2D eigenvalue weighted by molar-refractivity contribution is 7.90. The molecule has 0 unspecified atom stereocenters. The van der Waals surface area contributed by atoms with Crippen LogP contribution in [0.4, 0.5) is 13.2 Å². The summed E-state index contributed by atoms with van der Waals surface area (Å²) in [4.78, 5) is 29.9. The van der Waals surface area contributed by atoms with Gasteiger partial charge in [0.2, 0.25) is 5.43 Å². The number of amides is 1. The highest BCUT2D eigenvalue weighted by atomic mass is 32.2. The van der Waals surface area contributed by atoms with Crippen LogP contribution in [0.15, 0.2) is 58.5 Å². The smallest absolute Gasteiger partial charge is 0.348 e. The molecule has 0 fully saturated rings. The van der Waals surface area contributed by atoms with Gasteiger partial charge in [-0.15, -0.1) is 0 Å². The molecule has 0 aliphatic rings. The molecule has 1 atom stereocenters. The molecule has 0 aliphatic heterocycles. The van der Waals surface area contributed by atoms with Crippen molar-refractivity contribution in [2.45, 2.75) is 50.9 Å². The summed E-state index contributed by atoms with van der Waals surface area (Å²) in [5, 5.41) is 2.64. The predicted molar refractivity (Wildman–Crippen MR) is 129 cm³/mol. The maximum absolute atomic E-state index is 13.4. The molecule has 0 aliphatic carbocycles. The molecule has 3 aromatic rings. The summed E-state index contributed by atoms with van der Waals surface area (Å²) in [7, 11) is -3.37. The monoisotopic (exact) mass is 521 g/mol. The quantitative estimate of drug-likeness (QED) is 0.492. The number of nitrogens with one attached hydrogen (secondary N) is 1. The zero-order valence-corrected chi connectivity index (χ0v) is 21.0. The minimum Gasteiger partial charge on any atom is -0.348 e. The highest BCUT2D eigenvalue weighted by Crippen LogP contribution is 2.31. The molecule has 1 N–H and O–H groups in total. The van der Waals surface area contributed by atoms with Crippen molar-refractivity contribution in [3.63, 3.8) is 0 Å². The van der Waals surface area contributed by atoms with Gasteiger partial charge in [0, 0.05) is 42.5 Å². The molecule has 2 heterocycles. The third kappa shape index (κ3) is 5.84. The van der Waals surface area contributed by atoms with Crippen molar-refractivity contribution < 1.29 is 26.4 Å². The van der Waals surface area contributed by atoms with Crippen LogP contribution in [0.25, 0.3) is 11.1 Å². The van der Waals surface area contributed by atoms with Crippen molar-refractivity contribution in [1.29, 1.82) is 0 Å². The van der Waals surface area contributed by atoms with Crippen LogP contribution >= 0.6 is 0 Å². The maximum Gasteiger partial charge on any atom is 0.433 e. The molecule has 0 radical (unpaired) electrons. The second-order valence-electron chi connectivity index (χ2n) is 8.52. The minimum absolute atomic E-state index is 0.00615. The van der Waals surface area contributed by atoms with Crippen molar-refractivity contribution in [1.82, 2.24) is 14.9 Å². The lowest BCUT2D eigenvalue weighted by Gasteiger charge is -2.22. The molecule has 1 amide bonds. The summed E-state index contributed by atoms with van der Waals surface area (Å²) >= 11 is 0. The first-order chi connectivity index (χ1) is 16.7. The van der Waals surface area contributed by atoms with Gasteiger partial charge < -0.3 is 9.88 Å². The van der Waals surface area contributed by atoms with E-state index in [1.54, 1.807) is 23.6 Å². The third-order valence-electron chi connectivity index (χ3n) is 5.94. The van der Waals surface area contributed by atoms with Gasteiger partial charge in [-0.3, -0.25) is 14.6 Å². The number of aromatic nitrogens is 2. The van der Waals surface area contributed by atoms with Crippen molar-refractivity contribution in [3.05, 3.63) is 81.5 Å². The molecular weight excluding hydrogens is 495 g/mol. The van der Waals surface area contributed by atoms with Crippen LogP contribution in [-0.2, 0) is 22.6 Å². The second kappa shape index (κ2) is 10.3. The van der Waals surface area contributed by atoms with Gasteiger partial charge in [-0.05, 0) is 55.7 Å². The fourth-order valence-electron chi connectivity index (χ4n) is 3.75. The Morgan fingerprint density at radius 2 is 1.81 bits per heavy atom. The van der Waals surface area contributed by atoms with Crippen molar-refractivity contribution in [2.24, 2.45) is 0 Å². The molecule has 36 heavy (non-hydrogen) atoms. The van der Waals surface area contributed by atoms with Gasteiger partial charge in [0.05, 0.1) is 4.90 Å². The predicted octanol–water partition coefficient (Wildman–Crippen LogP) is 4.54. The van der Waals surface area contributed by atoms with Gasteiger partial charge in [0.1, 0.15) is 11.3 Å².